The molecule has 6 heteroatoms. The number of thiophene rings is 1. The fraction of sp³-hybridized carbons (Fsp3) is 0.688. The fourth-order valence-corrected chi connectivity index (χ4v) is 4.26. The van der Waals surface area contributed by atoms with E-state index in [9.17, 15) is 4.79 Å². The third-order valence-corrected chi connectivity index (χ3v) is 5.74. The van der Waals surface area contributed by atoms with Crippen LogP contribution in [-0.2, 0) is 17.8 Å². The zero-order valence-corrected chi connectivity index (χ0v) is 14.8. The topological polar surface area (TPSA) is 35.6 Å². The second-order valence-electron chi connectivity index (χ2n) is 6.11. The lowest BCUT2D eigenvalue weighted by atomic mass is 10.1. The number of likely N-dealkylation sites (tertiary alicyclic amines) is 1. The van der Waals surface area contributed by atoms with Gasteiger partial charge in [0, 0.05) is 43.5 Å². The molecular weight excluding hydrogens is 318 g/mol. The predicted molar refractivity (Wildman–Crippen MR) is 93.8 cm³/mol. The van der Waals surface area contributed by atoms with E-state index in [2.05, 4.69) is 21.7 Å². The van der Waals surface area contributed by atoms with Gasteiger partial charge in [-0.2, -0.15) is 0 Å². The molecule has 4 nitrogen and oxygen atoms in total. The highest BCUT2D eigenvalue weighted by Crippen LogP contribution is 2.24. The number of fused-ring (bicyclic) bond motifs is 1. The molecule has 0 spiro atoms. The van der Waals surface area contributed by atoms with E-state index in [4.69, 9.17) is 0 Å². The van der Waals surface area contributed by atoms with Gasteiger partial charge in [-0.15, -0.1) is 23.7 Å². The normalized spacial score (nSPS) is 22.0. The zero-order valence-electron chi connectivity index (χ0n) is 13.2. The first-order valence-electron chi connectivity index (χ1n) is 7.99. The van der Waals surface area contributed by atoms with Crippen molar-refractivity contribution in [2.24, 2.45) is 0 Å². The number of rotatable bonds is 4. The number of carbonyl (C=O) groups is 1. The van der Waals surface area contributed by atoms with E-state index in [1.807, 2.05) is 23.3 Å². The largest absolute Gasteiger partial charge is 0.338 e. The van der Waals surface area contributed by atoms with Crippen molar-refractivity contribution in [3.05, 3.63) is 21.9 Å². The first-order chi connectivity index (χ1) is 10.3. The summed E-state index contributed by atoms with van der Waals surface area (Å²) in [7, 11) is 2.03. The summed E-state index contributed by atoms with van der Waals surface area (Å²) < 4.78 is 0. The standard InChI is InChI=1S/C16H25N3OS.ClH/c1-17-14-3-2-7-18(12-14)8-5-16(20)19-9-4-15-13(11-19)6-10-21-15;/h6,10,14,17H,2-5,7-9,11-12H2,1H3;1H. The molecule has 1 N–H and O–H groups in total. The minimum absolute atomic E-state index is 0. The van der Waals surface area contributed by atoms with Crippen LogP contribution >= 0.6 is 23.7 Å². The van der Waals surface area contributed by atoms with E-state index in [1.54, 1.807) is 0 Å². The number of hydrogen-bond acceptors (Lipinski definition) is 4. The van der Waals surface area contributed by atoms with Crippen molar-refractivity contribution in [1.82, 2.24) is 15.1 Å². The van der Waals surface area contributed by atoms with Crippen LogP contribution in [0, 0.1) is 0 Å². The maximum atomic E-state index is 12.4. The van der Waals surface area contributed by atoms with E-state index < -0.39 is 0 Å². The van der Waals surface area contributed by atoms with E-state index in [0.717, 1.165) is 39.1 Å². The summed E-state index contributed by atoms with van der Waals surface area (Å²) in [5.74, 6) is 0.318. The van der Waals surface area contributed by atoms with Crippen LogP contribution in [0.3, 0.4) is 0 Å². The Bertz CT molecular complexity index is 493. The van der Waals surface area contributed by atoms with Gasteiger partial charge in [-0.1, -0.05) is 0 Å². The number of amides is 1. The Hall–Kier alpha value is -0.620. The van der Waals surface area contributed by atoms with Crippen LogP contribution in [0.25, 0.3) is 0 Å². The van der Waals surface area contributed by atoms with Crippen LogP contribution in [0.2, 0.25) is 0 Å². The van der Waals surface area contributed by atoms with Gasteiger partial charge in [-0.25, -0.2) is 0 Å². The summed E-state index contributed by atoms with van der Waals surface area (Å²) in [4.78, 5) is 18.3. The summed E-state index contributed by atoms with van der Waals surface area (Å²) in [6.07, 6.45) is 4.19. The number of halogens is 1. The Morgan fingerprint density at radius 1 is 1.45 bits per heavy atom. The van der Waals surface area contributed by atoms with E-state index in [0.29, 0.717) is 18.4 Å². The van der Waals surface area contributed by atoms with Crippen LogP contribution in [0.4, 0.5) is 0 Å². The molecule has 0 aromatic carbocycles. The second kappa shape index (κ2) is 8.29. The van der Waals surface area contributed by atoms with Gasteiger partial charge in [0.2, 0.25) is 5.91 Å². The van der Waals surface area contributed by atoms with E-state index >= 15 is 0 Å². The molecule has 1 fully saturated rings. The molecule has 0 saturated carbocycles. The van der Waals surface area contributed by atoms with Gasteiger partial charge in [-0.3, -0.25) is 4.79 Å². The maximum absolute atomic E-state index is 12.4. The SMILES string of the molecule is CNC1CCCN(CCC(=O)N2CCc3sccc3C2)C1.Cl. The molecule has 1 aromatic rings. The highest BCUT2D eigenvalue weighted by Gasteiger charge is 2.23. The lowest BCUT2D eigenvalue weighted by Gasteiger charge is -2.33. The molecule has 2 aliphatic rings. The van der Waals surface area contributed by atoms with Crippen LogP contribution in [0.5, 0.6) is 0 Å². The number of carbonyl (C=O) groups excluding carboxylic acids is 1. The Kier molecular flexibility index (Phi) is 6.68. The average molecular weight is 344 g/mol. The summed E-state index contributed by atoms with van der Waals surface area (Å²) in [6.45, 7) is 4.84. The third-order valence-electron chi connectivity index (χ3n) is 4.72. The molecule has 1 amide bonds. The smallest absolute Gasteiger partial charge is 0.224 e. The molecule has 22 heavy (non-hydrogen) atoms. The molecule has 1 atom stereocenters. The molecule has 2 aliphatic heterocycles. The van der Waals surface area contributed by atoms with Crippen molar-refractivity contribution in [1.29, 1.82) is 0 Å². The van der Waals surface area contributed by atoms with Crippen molar-refractivity contribution >= 4 is 29.7 Å². The lowest BCUT2D eigenvalue weighted by Crippen LogP contribution is -2.45. The van der Waals surface area contributed by atoms with E-state index in [1.165, 1.54) is 23.3 Å². The molecular formula is C16H26ClN3OS. The average Bonchev–Trinajstić information content (AvgIpc) is 3.00. The van der Waals surface area contributed by atoms with Gasteiger partial charge < -0.3 is 15.1 Å². The third kappa shape index (κ3) is 4.22. The quantitative estimate of drug-likeness (QED) is 0.909. The van der Waals surface area contributed by atoms with Gasteiger partial charge >= 0.3 is 0 Å². The van der Waals surface area contributed by atoms with Gasteiger partial charge in [0.1, 0.15) is 0 Å². The van der Waals surface area contributed by atoms with Crippen LogP contribution in [-0.4, -0.2) is 55.0 Å². The molecule has 1 saturated heterocycles. The Morgan fingerprint density at radius 3 is 3.14 bits per heavy atom. The molecule has 3 heterocycles. The maximum Gasteiger partial charge on any atom is 0.224 e. The predicted octanol–water partition coefficient (Wildman–Crippen LogP) is 2.13. The molecule has 0 radical (unpaired) electrons. The fourth-order valence-electron chi connectivity index (χ4n) is 3.37. The Morgan fingerprint density at radius 2 is 2.32 bits per heavy atom. The van der Waals surface area contributed by atoms with Crippen LogP contribution in [0.15, 0.2) is 11.4 Å². The highest BCUT2D eigenvalue weighted by atomic mass is 35.5. The van der Waals surface area contributed by atoms with Gasteiger partial charge in [0.05, 0.1) is 0 Å². The molecule has 0 bridgehead atoms. The number of piperidine rings is 1. The van der Waals surface area contributed by atoms with Crippen molar-refractivity contribution in [2.45, 2.75) is 38.3 Å². The summed E-state index contributed by atoms with van der Waals surface area (Å²) >= 11 is 1.82. The Balaban J connectivity index is 0.00000176. The van der Waals surface area contributed by atoms with Gasteiger partial charge in [0.25, 0.3) is 0 Å². The monoisotopic (exact) mass is 343 g/mol. The van der Waals surface area contributed by atoms with Crippen LogP contribution < -0.4 is 5.32 Å². The number of likely N-dealkylation sites (N-methyl/N-ethyl adjacent to an activating group) is 1. The van der Waals surface area contributed by atoms with E-state index in [-0.39, 0.29) is 12.4 Å². The van der Waals surface area contributed by atoms with Crippen molar-refractivity contribution in [3.8, 4) is 0 Å². The second-order valence-corrected chi connectivity index (χ2v) is 7.11. The summed E-state index contributed by atoms with van der Waals surface area (Å²) in [5.41, 5.74) is 1.35. The molecule has 0 aliphatic carbocycles. The summed E-state index contributed by atoms with van der Waals surface area (Å²) in [5, 5.41) is 5.50. The lowest BCUT2D eigenvalue weighted by molar-refractivity contribution is -0.132. The zero-order chi connectivity index (χ0) is 14.7. The van der Waals surface area contributed by atoms with Crippen molar-refractivity contribution in [2.75, 3.05) is 33.2 Å². The highest BCUT2D eigenvalue weighted by molar-refractivity contribution is 7.10. The van der Waals surface area contributed by atoms with Gasteiger partial charge in [0.15, 0.2) is 0 Å². The molecule has 1 unspecified atom stereocenters. The number of hydrogen-bond donors (Lipinski definition) is 1. The van der Waals surface area contributed by atoms with Gasteiger partial charge in [-0.05, 0) is 49.9 Å². The minimum atomic E-state index is 0. The first-order valence-corrected chi connectivity index (χ1v) is 8.87. The summed E-state index contributed by atoms with van der Waals surface area (Å²) in [6, 6.07) is 2.76. The number of nitrogens with one attached hydrogen (secondary N) is 1. The molecule has 124 valence electrons. The van der Waals surface area contributed by atoms with Crippen molar-refractivity contribution < 1.29 is 4.79 Å². The van der Waals surface area contributed by atoms with Crippen molar-refractivity contribution in [3.63, 3.8) is 0 Å². The van der Waals surface area contributed by atoms with Crippen LogP contribution in [0.1, 0.15) is 29.7 Å². The molecule has 3 rings (SSSR count). The first kappa shape index (κ1) is 17.7. The Labute approximate surface area is 143 Å². The molecule has 1 aromatic heterocycles. The minimum Gasteiger partial charge on any atom is -0.338 e. The number of nitrogens with zero attached hydrogens (tertiary/aromatic N) is 2.